The van der Waals surface area contributed by atoms with E-state index in [2.05, 4.69) is 10.4 Å². The van der Waals surface area contributed by atoms with Gasteiger partial charge in [0.05, 0.1) is 16.8 Å². The predicted octanol–water partition coefficient (Wildman–Crippen LogP) is 2.74. The van der Waals surface area contributed by atoms with Crippen molar-refractivity contribution >= 4 is 11.6 Å². The molecule has 3 N–H and O–H groups in total. The van der Waals surface area contributed by atoms with E-state index in [0.29, 0.717) is 5.02 Å². The van der Waals surface area contributed by atoms with E-state index in [1.165, 1.54) is 12.1 Å². The van der Waals surface area contributed by atoms with Gasteiger partial charge in [0.15, 0.2) is 0 Å². The van der Waals surface area contributed by atoms with Crippen LogP contribution in [0.25, 0.3) is 0 Å². The number of aryl methyl sites for hydroxylation is 1. The number of benzene rings is 1. The second kappa shape index (κ2) is 5.44. The van der Waals surface area contributed by atoms with Crippen molar-refractivity contribution in [3.8, 4) is 0 Å². The smallest absolute Gasteiger partial charge is 0.123 e. The third kappa shape index (κ3) is 2.67. The van der Waals surface area contributed by atoms with Gasteiger partial charge < -0.3 is 0 Å². The fraction of sp³-hybridized carbons (Fsp3) is 0.154. The molecule has 0 saturated heterocycles. The molecule has 1 aromatic carbocycles. The van der Waals surface area contributed by atoms with Crippen molar-refractivity contribution in [2.24, 2.45) is 5.84 Å². The summed E-state index contributed by atoms with van der Waals surface area (Å²) in [6, 6.07) is 7.81. The Morgan fingerprint density at radius 3 is 2.67 bits per heavy atom. The highest BCUT2D eigenvalue weighted by molar-refractivity contribution is 6.30. The normalized spacial score (nSPS) is 12.4. The summed E-state index contributed by atoms with van der Waals surface area (Å²) in [6.07, 6.45) is 1.56. The van der Waals surface area contributed by atoms with E-state index in [1.54, 1.807) is 24.4 Å². The lowest BCUT2D eigenvalue weighted by Gasteiger charge is -2.18. The lowest BCUT2D eigenvalue weighted by Crippen LogP contribution is -2.30. The summed E-state index contributed by atoms with van der Waals surface area (Å²) in [7, 11) is 0. The summed E-state index contributed by atoms with van der Waals surface area (Å²) < 4.78 is 13.1. The Morgan fingerprint density at radius 1 is 1.33 bits per heavy atom. The minimum atomic E-state index is -0.289. The third-order valence-corrected chi connectivity index (χ3v) is 2.98. The Morgan fingerprint density at radius 2 is 2.11 bits per heavy atom. The first-order chi connectivity index (χ1) is 8.61. The first-order valence-corrected chi connectivity index (χ1v) is 5.83. The molecule has 18 heavy (non-hydrogen) atoms. The molecule has 1 aromatic heterocycles. The van der Waals surface area contributed by atoms with Gasteiger partial charge in [-0.25, -0.2) is 9.82 Å². The van der Waals surface area contributed by atoms with Crippen LogP contribution in [0.1, 0.15) is 22.9 Å². The van der Waals surface area contributed by atoms with Crippen molar-refractivity contribution in [3.05, 3.63) is 64.2 Å². The largest absolute Gasteiger partial charge is 0.271 e. The number of nitrogens with two attached hydrogens (primary N) is 1. The van der Waals surface area contributed by atoms with Crippen molar-refractivity contribution < 1.29 is 4.39 Å². The lowest BCUT2D eigenvalue weighted by molar-refractivity contribution is 0.604. The molecule has 2 rings (SSSR count). The number of pyridine rings is 1. The van der Waals surface area contributed by atoms with Gasteiger partial charge in [0, 0.05) is 6.20 Å². The van der Waals surface area contributed by atoms with Gasteiger partial charge in [-0.15, -0.1) is 0 Å². The summed E-state index contributed by atoms with van der Waals surface area (Å²) in [5.41, 5.74) is 5.12. The molecule has 1 unspecified atom stereocenters. The zero-order chi connectivity index (χ0) is 13.1. The maximum atomic E-state index is 13.1. The van der Waals surface area contributed by atoms with Crippen LogP contribution < -0.4 is 11.3 Å². The molecule has 0 radical (unpaired) electrons. The fourth-order valence-corrected chi connectivity index (χ4v) is 1.97. The second-order valence-electron chi connectivity index (χ2n) is 4.00. The van der Waals surface area contributed by atoms with Crippen molar-refractivity contribution in [1.82, 2.24) is 10.4 Å². The van der Waals surface area contributed by atoms with Gasteiger partial charge in [0.25, 0.3) is 0 Å². The van der Waals surface area contributed by atoms with E-state index in [1.807, 2.05) is 6.92 Å². The minimum Gasteiger partial charge on any atom is -0.271 e. The number of halogens is 2. The van der Waals surface area contributed by atoms with E-state index in [4.69, 9.17) is 17.4 Å². The van der Waals surface area contributed by atoms with Gasteiger partial charge >= 0.3 is 0 Å². The van der Waals surface area contributed by atoms with Crippen molar-refractivity contribution in [2.45, 2.75) is 13.0 Å². The molecule has 0 aliphatic carbocycles. The summed E-state index contributed by atoms with van der Waals surface area (Å²) in [6.45, 7) is 1.83. The Kier molecular flexibility index (Phi) is 3.91. The lowest BCUT2D eigenvalue weighted by atomic mass is 9.99. The van der Waals surface area contributed by atoms with Gasteiger partial charge in [-0.2, -0.15) is 0 Å². The third-order valence-electron chi connectivity index (χ3n) is 2.76. The Balaban J connectivity index is 2.41. The minimum absolute atomic E-state index is 0.268. The molecule has 0 spiro atoms. The van der Waals surface area contributed by atoms with Crippen LogP contribution in [0.2, 0.25) is 5.02 Å². The summed E-state index contributed by atoms with van der Waals surface area (Å²) >= 11 is 5.79. The first kappa shape index (κ1) is 13.0. The van der Waals surface area contributed by atoms with Crippen LogP contribution in [-0.2, 0) is 0 Å². The average molecular weight is 266 g/mol. The molecule has 2 aromatic rings. The maximum Gasteiger partial charge on any atom is 0.123 e. The van der Waals surface area contributed by atoms with Crippen LogP contribution in [0.15, 0.2) is 36.5 Å². The van der Waals surface area contributed by atoms with Crippen molar-refractivity contribution in [1.29, 1.82) is 0 Å². The van der Waals surface area contributed by atoms with E-state index in [-0.39, 0.29) is 11.9 Å². The quantitative estimate of drug-likeness (QED) is 0.663. The van der Waals surface area contributed by atoms with Crippen LogP contribution in [0.3, 0.4) is 0 Å². The topological polar surface area (TPSA) is 50.9 Å². The highest BCUT2D eigenvalue weighted by atomic mass is 35.5. The zero-order valence-electron chi connectivity index (χ0n) is 9.82. The van der Waals surface area contributed by atoms with Crippen LogP contribution in [0.4, 0.5) is 4.39 Å². The van der Waals surface area contributed by atoms with Crippen LogP contribution >= 0.6 is 11.6 Å². The van der Waals surface area contributed by atoms with Gasteiger partial charge in [-0.05, 0) is 42.3 Å². The monoisotopic (exact) mass is 265 g/mol. The molecule has 0 amide bonds. The van der Waals surface area contributed by atoms with Gasteiger partial charge in [0.1, 0.15) is 5.82 Å². The molecule has 0 aliphatic heterocycles. The molecular weight excluding hydrogens is 253 g/mol. The highest BCUT2D eigenvalue weighted by Gasteiger charge is 2.16. The molecule has 5 heteroatoms. The summed E-state index contributed by atoms with van der Waals surface area (Å²) in [5, 5.41) is 0.561. The maximum absolute atomic E-state index is 13.1. The van der Waals surface area contributed by atoms with Crippen LogP contribution in [-0.4, -0.2) is 4.98 Å². The zero-order valence-corrected chi connectivity index (χ0v) is 10.6. The number of hydrazine groups is 1. The number of hydrogen-bond acceptors (Lipinski definition) is 3. The SMILES string of the molecule is Cc1cc(F)ccc1C(NN)c1ccc(Cl)cn1. The molecule has 0 saturated carbocycles. The van der Waals surface area contributed by atoms with Crippen LogP contribution in [0, 0.1) is 12.7 Å². The van der Waals surface area contributed by atoms with E-state index < -0.39 is 0 Å². The highest BCUT2D eigenvalue weighted by Crippen LogP contribution is 2.24. The van der Waals surface area contributed by atoms with Gasteiger partial charge in [-0.3, -0.25) is 10.8 Å². The molecule has 1 atom stereocenters. The van der Waals surface area contributed by atoms with Crippen molar-refractivity contribution in [3.63, 3.8) is 0 Å². The molecule has 0 bridgehead atoms. The molecule has 1 heterocycles. The Labute approximate surface area is 110 Å². The fourth-order valence-electron chi connectivity index (χ4n) is 1.86. The standard InChI is InChI=1S/C13H13ClFN3/c1-8-6-10(15)3-4-11(8)13(18-16)12-5-2-9(14)7-17-12/h2-7,13,18H,16H2,1H3. The predicted molar refractivity (Wildman–Crippen MR) is 69.6 cm³/mol. The van der Waals surface area contributed by atoms with E-state index in [0.717, 1.165) is 16.8 Å². The molecular formula is C13H13ClFN3. The number of rotatable bonds is 3. The van der Waals surface area contributed by atoms with Crippen LogP contribution in [0.5, 0.6) is 0 Å². The number of aromatic nitrogens is 1. The Bertz CT molecular complexity index is 542. The van der Waals surface area contributed by atoms with Gasteiger partial charge in [0.2, 0.25) is 0 Å². The molecule has 0 fully saturated rings. The van der Waals surface area contributed by atoms with Crippen molar-refractivity contribution in [2.75, 3.05) is 0 Å². The van der Waals surface area contributed by atoms with E-state index >= 15 is 0 Å². The number of nitrogens with one attached hydrogen (secondary N) is 1. The molecule has 3 nitrogen and oxygen atoms in total. The van der Waals surface area contributed by atoms with Gasteiger partial charge in [-0.1, -0.05) is 17.7 Å². The average Bonchev–Trinajstić information content (AvgIpc) is 2.35. The summed E-state index contributed by atoms with van der Waals surface area (Å²) in [4.78, 5) is 4.22. The molecule has 94 valence electrons. The molecule has 0 aliphatic rings. The number of nitrogens with zero attached hydrogens (tertiary/aromatic N) is 1. The number of hydrogen-bond donors (Lipinski definition) is 2. The first-order valence-electron chi connectivity index (χ1n) is 5.45. The second-order valence-corrected chi connectivity index (χ2v) is 4.44. The summed E-state index contributed by atoms with van der Waals surface area (Å²) in [5.74, 6) is 5.30. The Hall–Kier alpha value is -1.49. The van der Waals surface area contributed by atoms with E-state index in [9.17, 15) is 4.39 Å².